The molecule has 2 aliphatic heterocycles. The number of aromatic nitrogens is 4. The van der Waals surface area contributed by atoms with Gasteiger partial charge in [-0.2, -0.15) is 28.2 Å². The second kappa shape index (κ2) is 11.5. The van der Waals surface area contributed by atoms with E-state index in [1.807, 2.05) is 11.0 Å². The van der Waals surface area contributed by atoms with E-state index >= 15 is 0 Å². The van der Waals surface area contributed by atoms with Gasteiger partial charge in [0.25, 0.3) is 0 Å². The van der Waals surface area contributed by atoms with Gasteiger partial charge in [0.2, 0.25) is 17.9 Å². The largest absolute Gasteiger partial charge is 0.465 e. The van der Waals surface area contributed by atoms with Gasteiger partial charge in [-0.05, 0) is 62.6 Å². The highest BCUT2D eigenvalue weighted by Gasteiger charge is 2.46. The van der Waals surface area contributed by atoms with Gasteiger partial charge in [0.15, 0.2) is 0 Å². The molecule has 0 radical (unpaired) electrons. The topological polar surface area (TPSA) is 120 Å². The summed E-state index contributed by atoms with van der Waals surface area (Å²) in [5, 5.41) is 8.06. The van der Waals surface area contributed by atoms with Crippen LogP contribution in [0.3, 0.4) is 0 Å². The number of nitrogens with one attached hydrogen (secondary N) is 1. The number of anilines is 2. The average molecular weight is 620 g/mol. The highest BCUT2D eigenvalue weighted by molar-refractivity contribution is 6.30. The third kappa shape index (κ3) is 6.37. The van der Waals surface area contributed by atoms with Gasteiger partial charge in [-0.15, -0.1) is 0 Å². The molecule has 3 aromatic rings. The summed E-state index contributed by atoms with van der Waals surface area (Å²) >= 11 is 6.20. The number of piperidine rings is 1. The van der Waals surface area contributed by atoms with Gasteiger partial charge in [0.1, 0.15) is 11.9 Å². The van der Waals surface area contributed by atoms with Crippen LogP contribution in [0.2, 0.25) is 5.02 Å². The molecule has 230 valence electrons. The summed E-state index contributed by atoms with van der Waals surface area (Å²) in [6.45, 7) is 3.97. The average Bonchev–Trinajstić information content (AvgIpc) is 3.55. The monoisotopic (exact) mass is 619 g/mol. The van der Waals surface area contributed by atoms with Gasteiger partial charge >= 0.3 is 12.1 Å². The number of nitrogens with zero attached hydrogens (tertiary/aromatic N) is 5. The maximum Gasteiger partial charge on any atom is 0.429 e. The number of ether oxygens (including phenoxy) is 2. The van der Waals surface area contributed by atoms with E-state index in [-0.39, 0.29) is 45.5 Å². The summed E-state index contributed by atoms with van der Waals surface area (Å²) in [6, 6.07) is 6.99. The van der Waals surface area contributed by atoms with E-state index in [9.17, 15) is 18.0 Å². The van der Waals surface area contributed by atoms with E-state index in [2.05, 4.69) is 20.4 Å². The number of esters is 1. The molecule has 1 aliphatic carbocycles. The van der Waals surface area contributed by atoms with E-state index in [0.717, 1.165) is 31.4 Å². The van der Waals surface area contributed by atoms with Gasteiger partial charge < -0.3 is 25.4 Å². The number of nitrogens with two attached hydrogens (primary N) is 1. The lowest BCUT2D eigenvalue weighted by atomic mass is 9.76. The summed E-state index contributed by atoms with van der Waals surface area (Å²) in [4.78, 5) is 22.4. The lowest BCUT2D eigenvalue weighted by Gasteiger charge is -2.39. The quantitative estimate of drug-likeness (QED) is 0.337. The standard InChI is InChI=1S/C29H33ClF3N7O3/c1-2-42-26(41)21-15-28(16-35-21)8-11-39(12-9-28)23-14-24(37-27(34)36-23)43-25(29(31,32)33)19-6-5-18(30)13-22(19)40-10-7-20(38-40)17-3-4-17/h5-7,10,13-14,17,21,25,35H,2-4,8-9,11-12,15-16H2,1H3,(H2,34,36,37)/t21-,25+/m0/s1. The molecule has 43 heavy (non-hydrogen) atoms. The molecule has 2 aromatic heterocycles. The van der Waals surface area contributed by atoms with Crippen molar-refractivity contribution in [3.05, 3.63) is 52.8 Å². The zero-order chi connectivity index (χ0) is 30.4. The summed E-state index contributed by atoms with van der Waals surface area (Å²) < 4.78 is 55.9. The molecular formula is C29H33ClF3N7O3. The van der Waals surface area contributed by atoms with E-state index < -0.39 is 12.3 Å². The van der Waals surface area contributed by atoms with Gasteiger partial charge in [0.05, 0.1) is 18.0 Å². The molecule has 1 saturated carbocycles. The highest BCUT2D eigenvalue weighted by Crippen LogP contribution is 2.43. The predicted molar refractivity (Wildman–Crippen MR) is 153 cm³/mol. The Balaban J connectivity index is 1.22. The van der Waals surface area contributed by atoms with Crippen LogP contribution in [0.25, 0.3) is 5.69 Å². The number of hydrogen-bond acceptors (Lipinski definition) is 9. The number of benzene rings is 1. The molecule has 3 aliphatic rings. The Kier molecular flexibility index (Phi) is 7.88. The van der Waals surface area contributed by atoms with Crippen molar-refractivity contribution < 1.29 is 27.4 Å². The zero-order valence-corrected chi connectivity index (χ0v) is 24.4. The maximum absolute atomic E-state index is 14.6. The summed E-state index contributed by atoms with van der Waals surface area (Å²) in [6.07, 6.45) is -1.31. The lowest BCUT2D eigenvalue weighted by Crippen LogP contribution is -2.41. The van der Waals surface area contributed by atoms with E-state index in [1.54, 1.807) is 13.1 Å². The number of hydrogen-bond donors (Lipinski definition) is 2. The Labute approximate surface area is 251 Å². The number of carbonyl (C=O) groups excluding carboxylic acids is 1. The Hall–Kier alpha value is -3.58. The number of halogens is 4. The van der Waals surface area contributed by atoms with Crippen molar-refractivity contribution in [1.29, 1.82) is 0 Å². The Bertz CT molecular complexity index is 1490. The molecule has 2 atom stereocenters. The van der Waals surface area contributed by atoms with Crippen LogP contribution in [0.5, 0.6) is 5.88 Å². The molecule has 1 spiro atoms. The van der Waals surface area contributed by atoms with Gasteiger partial charge in [-0.1, -0.05) is 17.7 Å². The summed E-state index contributed by atoms with van der Waals surface area (Å²) in [5.74, 6) is -0.0319. The first-order valence-corrected chi connectivity index (χ1v) is 14.8. The minimum atomic E-state index is -4.79. The van der Waals surface area contributed by atoms with E-state index in [4.69, 9.17) is 26.8 Å². The van der Waals surface area contributed by atoms with Crippen molar-refractivity contribution in [2.75, 3.05) is 36.9 Å². The number of nitrogen functional groups attached to an aromatic ring is 1. The molecule has 2 saturated heterocycles. The van der Waals surface area contributed by atoms with E-state index in [0.29, 0.717) is 44.4 Å². The van der Waals surface area contributed by atoms with Crippen LogP contribution in [0.1, 0.15) is 62.3 Å². The third-order valence-corrected chi connectivity index (χ3v) is 8.68. The highest BCUT2D eigenvalue weighted by atomic mass is 35.5. The van der Waals surface area contributed by atoms with Crippen molar-refractivity contribution >= 4 is 29.3 Å². The second-order valence-corrected chi connectivity index (χ2v) is 11.9. The SMILES string of the molecule is CCOC(=O)[C@@H]1CC2(CCN(c3cc(O[C@H](c4ccc(Cl)cc4-n4ccc(C5CC5)n4)C(F)(F)F)nc(N)n3)CC2)CN1. The summed E-state index contributed by atoms with van der Waals surface area (Å²) in [7, 11) is 0. The van der Waals surface area contributed by atoms with Crippen LogP contribution < -0.4 is 20.7 Å². The molecule has 14 heteroatoms. The second-order valence-electron chi connectivity index (χ2n) is 11.5. The van der Waals surface area contributed by atoms with Crippen LogP contribution in [0, 0.1) is 5.41 Å². The first-order valence-electron chi connectivity index (χ1n) is 14.4. The molecular weight excluding hydrogens is 587 g/mol. The smallest absolute Gasteiger partial charge is 0.429 e. The molecule has 1 aromatic carbocycles. The fourth-order valence-corrected chi connectivity index (χ4v) is 6.17. The third-order valence-electron chi connectivity index (χ3n) is 8.45. The lowest BCUT2D eigenvalue weighted by molar-refractivity contribution is -0.198. The van der Waals surface area contributed by atoms with Gasteiger partial charge in [-0.3, -0.25) is 4.79 Å². The van der Waals surface area contributed by atoms with Crippen molar-refractivity contribution in [3.63, 3.8) is 0 Å². The summed E-state index contributed by atoms with van der Waals surface area (Å²) in [5.41, 5.74) is 6.73. The van der Waals surface area contributed by atoms with Crippen molar-refractivity contribution in [2.24, 2.45) is 5.41 Å². The molecule has 0 amide bonds. The first-order chi connectivity index (χ1) is 20.5. The number of rotatable bonds is 8. The first kappa shape index (κ1) is 29.5. The van der Waals surface area contributed by atoms with E-state index in [1.165, 1.54) is 28.9 Å². The number of alkyl halides is 3. The zero-order valence-electron chi connectivity index (χ0n) is 23.6. The maximum atomic E-state index is 14.6. The minimum absolute atomic E-state index is 0.0654. The predicted octanol–water partition coefficient (Wildman–Crippen LogP) is 4.97. The van der Waals surface area contributed by atoms with Crippen molar-refractivity contribution in [3.8, 4) is 11.6 Å². The molecule has 0 unspecified atom stereocenters. The van der Waals surface area contributed by atoms with Crippen molar-refractivity contribution in [1.82, 2.24) is 25.1 Å². The van der Waals surface area contributed by atoms with Gasteiger partial charge in [0, 0.05) is 48.4 Å². The Morgan fingerprint density at radius 3 is 2.67 bits per heavy atom. The minimum Gasteiger partial charge on any atom is -0.465 e. The fourth-order valence-electron chi connectivity index (χ4n) is 6.00. The van der Waals surface area contributed by atoms with Crippen LogP contribution >= 0.6 is 11.6 Å². The molecule has 3 fully saturated rings. The van der Waals surface area contributed by atoms with Crippen LogP contribution in [0.15, 0.2) is 36.5 Å². The molecule has 3 N–H and O–H groups in total. The van der Waals surface area contributed by atoms with Crippen LogP contribution in [0.4, 0.5) is 24.9 Å². The molecule has 10 nitrogen and oxygen atoms in total. The molecule has 0 bridgehead atoms. The Morgan fingerprint density at radius 2 is 1.98 bits per heavy atom. The number of carbonyl (C=O) groups is 1. The van der Waals surface area contributed by atoms with Crippen LogP contribution in [-0.2, 0) is 9.53 Å². The van der Waals surface area contributed by atoms with Crippen molar-refractivity contribution in [2.45, 2.75) is 63.3 Å². The van der Waals surface area contributed by atoms with Gasteiger partial charge in [-0.25, -0.2) is 4.68 Å². The molecule has 4 heterocycles. The molecule has 6 rings (SSSR count). The van der Waals surface area contributed by atoms with Crippen LogP contribution in [-0.4, -0.2) is 64.2 Å². The Morgan fingerprint density at radius 1 is 1.21 bits per heavy atom. The normalized spacial score (nSPS) is 20.8. The fraction of sp³-hybridized carbons (Fsp3) is 0.517.